The predicted molar refractivity (Wildman–Crippen MR) is 68.8 cm³/mol. The Bertz CT molecular complexity index is 441. The zero-order valence-corrected chi connectivity index (χ0v) is 12.0. The van der Waals surface area contributed by atoms with Crippen molar-refractivity contribution < 1.29 is 23.0 Å². The summed E-state index contributed by atoms with van der Waals surface area (Å²) in [6, 6.07) is 1.40. The maximum Gasteiger partial charge on any atom is 0.310 e. The SMILES string of the molecule is CCOC(=O)Cc1cc(OC)c(C(F)F)nc1I. The number of aromatic nitrogens is 1. The molecule has 0 unspecified atom stereocenters. The summed E-state index contributed by atoms with van der Waals surface area (Å²) in [5, 5.41) is 0. The van der Waals surface area contributed by atoms with E-state index in [1.807, 2.05) is 0 Å². The van der Waals surface area contributed by atoms with E-state index >= 15 is 0 Å². The minimum absolute atomic E-state index is 0.0149. The second-order valence-electron chi connectivity index (χ2n) is 3.31. The minimum Gasteiger partial charge on any atom is -0.495 e. The zero-order valence-electron chi connectivity index (χ0n) is 9.87. The van der Waals surface area contributed by atoms with Crippen LogP contribution >= 0.6 is 22.6 Å². The van der Waals surface area contributed by atoms with Gasteiger partial charge in [-0.05, 0) is 41.1 Å². The van der Waals surface area contributed by atoms with Gasteiger partial charge in [-0.3, -0.25) is 4.79 Å². The van der Waals surface area contributed by atoms with E-state index in [1.165, 1.54) is 13.2 Å². The van der Waals surface area contributed by atoms with Gasteiger partial charge in [-0.25, -0.2) is 13.8 Å². The second-order valence-corrected chi connectivity index (χ2v) is 4.33. The molecular weight excluding hydrogens is 359 g/mol. The number of rotatable bonds is 5. The van der Waals surface area contributed by atoms with E-state index in [1.54, 1.807) is 29.5 Å². The first-order valence-electron chi connectivity index (χ1n) is 5.16. The number of halogens is 3. The average molecular weight is 371 g/mol. The zero-order chi connectivity index (χ0) is 13.7. The van der Waals surface area contributed by atoms with E-state index in [-0.39, 0.29) is 18.8 Å². The van der Waals surface area contributed by atoms with Crippen LogP contribution in [0.15, 0.2) is 6.07 Å². The van der Waals surface area contributed by atoms with E-state index in [0.717, 1.165) is 0 Å². The van der Waals surface area contributed by atoms with Gasteiger partial charge in [-0.1, -0.05) is 0 Å². The monoisotopic (exact) mass is 371 g/mol. The highest BCUT2D eigenvalue weighted by atomic mass is 127. The molecule has 1 aromatic heterocycles. The molecule has 4 nitrogen and oxygen atoms in total. The lowest BCUT2D eigenvalue weighted by molar-refractivity contribution is -0.142. The first-order valence-corrected chi connectivity index (χ1v) is 6.24. The van der Waals surface area contributed by atoms with Crippen LogP contribution in [0.3, 0.4) is 0 Å². The van der Waals surface area contributed by atoms with Crippen molar-refractivity contribution in [2.75, 3.05) is 13.7 Å². The summed E-state index contributed by atoms with van der Waals surface area (Å²) in [4.78, 5) is 15.1. The molecule has 0 aliphatic rings. The van der Waals surface area contributed by atoms with Crippen LogP contribution in [0, 0.1) is 3.70 Å². The van der Waals surface area contributed by atoms with Gasteiger partial charge < -0.3 is 9.47 Å². The smallest absolute Gasteiger partial charge is 0.310 e. The maximum atomic E-state index is 12.7. The summed E-state index contributed by atoms with van der Waals surface area (Å²) in [5.41, 5.74) is 0.0878. The Hall–Kier alpha value is -0.990. The first kappa shape index (κ1) is 15.1. The number of carbonyl (C=O) groups is 1. The average Bonchev–Trinajstić information content (AvgIpc) is 2.31. The van der Waals surface area contributed by atoms with Crippen molar-refractivity contribution in [1.82, 2.24) is 4.98 Å². The van der Waals surface area contributed by atoms with Crippen LogP contribution in [0.1, 0.15) is 24.6 Å². The third-order valence-corrected chi connectivity index (χ3v) is 3.04. The molecule has 0 N–H and O–H groups in total. The molecule has 7 heteroatoms. The Kier molecular flexibility index (Phi) is 5.70. The van der Waals surface area contributed by atoms with Crippen LogP contribution < -0.4 is 4.74 Å². The summed E-state index contributed by atoms with van der Waals surface area (Å²) in [6.07, 6.45) is -2.73. The summed E-state index contributed by atoms with van der Waals surface area (Å²) in [6.45, 7) is 1.97. The number of nitrogens with zero attached hydrogens (tertiary/aromatic N) is 1. The van der Waals surface area contributed by atoms with Gasteiger partial charge in [-0.2, -0.15) is 0 Å². The molecule has 1 heterocycles. The first-order chi connectivity index (χ1) is 8.49. The van der Waals surface area contributed by atoms with Gasteiger partial charge in [0, 0.05) is 0 Å². The molecule has 0 spiro atoms. The summed E-state index contributed by atoms with van der Waals surface area (Å²) in [5.74, 6) is -0.450. The van der Waals surface area contributed by atoms with Crippen molar-refractivity contribution in [1.29, 1.82) is 0 Å². The van der Waals surface area contributed by atoms with Crippen molar-refractivity contribution in [3.8, 4) is 5.75 Å². The normalized spacial score (nSPS) is 10.6. The molecule has 0 atom stereocenters. The quantitative estimate of drug-likeness (QED) is 0.454. The molecule has 0 aliphatic heterocycles. The Morgan fingerprint density at radius 2 is 2.22 bits per heavy atom. The Labute approximate surface area is 117 Å². The van der Waals surface area contributed by atoms with E-state index in [4.69, 9.17) is 9.47 Å². The van der Waals surface area contributed by atoms with Crippen LogP contribution in [0.5, 0.6) is 5.75 Å². The molecule has 0 bridgehead atoms. The van der Waals surface area contributed by atoms with E-state index in [0.29, 0.717) is 9.26 Å². The number of hydrogen-bond acceptors (Lipinski definition) is 4. The van der Waals surface area contributed by atoms with Gasteiger partial charge in [0.05, 0.1) is 20.1 Å². The van der Waals surface area contributed by atoms with Crippen LogP contribution in [-0.2, 0) is 16.0 Å². The highest BCUT2D eigenvalue weighted by Crippen LogP contribution is 2.29. The summed E-state index contributed by atoms with van der Waals surface area (Å²) >= 11 is 1.81. The number of methoxy groups -OCH3 is 1. The topological polar surface area (TPSA) is 48.4 Å². The van der Waals surface area contributed by atoms with Crippen LogP contribution in [0.4, 0.5) is 8.78 Å². The van der Waals surface area contributed by atoms with E-state index in [2.05, 4.69) is 4.98 Å². The fourth-order valence-corrected chi connectivity index (χ4v) is 1.94. The number of carbonyl (C=O) groups excluding carboxylic acids is 1. The fraction of sp³-hybridized carbons (Fsp3) is 0.455. The van der Waals surface area contributed by atoms with Crippen molar-refractivity contribution in [3.63, 3.8) is 0 Å². The van der Waals surface area contributed by atoms with Gasteiger partial charge >= 0.3 is 5.97 Å². The standard InChI is InChI=1S/C11H12F2INO3/c1-3-18-8(16)5-6-4-7(17-2)9(10(12)13)15-11(6)14/h4,10H,3,5H2,1-2H3. The molecule has 0 saturated carbocycles. The maximum absolute atomic E-state index is 12.7. The van der Waals surface area contributed by atoms with Crippen LogP contribution in [0.25, 0.3) is 0 Å². The molecule has 100 valence electrons. The highest BCUT2D eigenvalue weighted by Gasteiger charge is 2.20. The molecule has 0 fully saturated rings. The molecule has 18 heavy (non-hydrogen) atoms. The molecular formula is C11H12F2INO3. The van der Waals surface area contributed by atoms with Crippen LogP contribution in [-0.4, -0.2) is 24.7 Å². The minimum atomic E-state index is -2.72. The van der Waals surface area contributed by atoms with E-state index in [9.17, 15) is 13.6 Å². The van der Waals surface area contributed by atoms with Crippen molar-refractivity contribution in [2.45, 2.75) is 19.8 Å². The molecule has 1 rings (SSSR count). The molecule has 1 aromatic rings. The molecule has 0 radical (unpaired) electrons. The molecule has 0 aromatic carbocycles. The second kappa shape index (κ2) is 6.81. The largest absolute Gasteiger partial charge is 0.495 e. The molecule has 0 amide bonds. The lowest BCUT2D eigenvalue weighted by atomic mass is 10.2. The summed E-state index contributed by atoms with van der Waals surface area (Å²) < 4.78 is 35.3. The van der Waals surface area contributed by atoms with Gasteiger partial charge in [-0.15, -0.1) is 0 Å². The molecule has 0 aliphatic carbocycles. The van der Waals surface area contributed by atoms with Gasteiger partial charge in [0.1, 0.15) is 15.1 Å². The Morgan fingerprint density at radius 3 is 2.72 bits per heavy atom. The highest BCUT2D eigenvalue weighted by molar-refractivity contribution is 14.1. The third-order valence-electron chi connectivity index (χ3n) is 2.11. The van der Waals surface area contributed by atoms with E-state index < -0.39 is 18.1 Å². The fourth-order valence-electron chi connectivity index (χ4n) is 1.34. The predicted octanol–water partition coefficient (Wildman–Crippen LogP) is 2.74. The number of hydrogen-bond donors (Lipinski definition) is 0. The van der Waals surface area contributed by atoms with Crippen molar-refractivity contribution >= 4 is 28.6 Å². The number of esters is 1. The Balaban J connectivity index is 3.04. The van der Waals surface area contributed by atoms with Gasteiger partial charge in [0.25, 0.3) is 6.43 Å². The van der Waals surface area contributed by atoms with Crippen molar-refractivity contribution in [2.24, 2.45) is 0 Å². The number of alkyl halides is 2. The van der Waals surface area contributed by atoms with Gasteiger partial charge in [0.15, 0.2) is 0 Å². The summed E-state index contributed by atoms with van der Waals surface area (Å²) in [7, 11) is 1.28. The third kappa shape index (κ3) is 3.76. The number of ether oxygens (including phenoxy) is 2. The van der Waals surface area contributed by atoms with Crippen molar-refractivity contribution in [3.05, 3.63) is 21.0 Å². The Morgan fingerprint density at radius 1 is 1.56 bits per heavy atom. The lowest BCUT2D eigenvalue weighted by Crippen LogP contribution is -2.10. The lowest BCUT2D eigenvalue weighted by Gasteiger charge is -2.11. The number of pyridine rings is 1. The molecule has 0 saturated heterocycles. The van der Waals surface area contributed by atoms with Gasteiger partial charge in [0.2, 0.25) is 0 Å². The van der Waals surface area contributed by atoms with Crippen LogP contribution in [0.2, 0.25) is 0 Å².